The van der Waals surface area contributed by atoms with E-state index in [-0.39, 0.29) is 18.1 Å². The average Bonchev–Trinajstić information content (AvgIpc) is 2.64. The Morgan fingerprint density at radius 1 is 1.07 bits per heavy atom. The third-order valence-electron chi connectivity index (χ3n) is 7.23. The fourth-order valence-corrected chi connectivity index (χ4v) is 6.17. The van der Waals surface area contributed by atoms with Crippen LogP contribution in [0.4, 0.5) is 0 Å². The molecule has 1 heterocycles. The normalized spacial score (nSPS) is 48.5. The van der Waals surface area contributed by atoms with E-state index in [9.17, 15) is 25.2 Å². The van der Waals surface area contributed by atoms with Crippen molar-refractivity contribution in [2.75, 3.05) is 13.2 Å². The molecule has 4 saturated carbocycles. The van der Waals surface area contributed by atoms with Crippen LogP contribution in [0.2, 0.25) is 0 Å². The minimum Gasteiger partial charge on any atom is -0.394 e. The highest BCUT2D eigenvalue weighted by Gasteiger charge is 2.52. The summed E-state index contributed by atoms with van der Waals surface area (Å²) >= 11 is 0. The molecule has 8 heteroatoms. The van der Waals surface area contributed by atoms with Gasteiger partial charge in [0.05, 0.1) is 19.1 Å². The summed E-state index contributed by atoms with van der Waals surface area (Å²) in [5, 5.41) is 42.2. The average molecular weight is 399 g/mol. The number of carbonyl (C=O) groups is 1. The van der Waals surface area contributed by atoms with Crippen LogP contribution >= 0.6 is 0 Å². The molecule has 28 heavy (non-hydrogen) atoms. The summed E-state index contributed by atoms with van der Waals surface area (Å²) in [4.78, 5) is 12.8. The molecule has 0 radical (unpaired) electrons. The van der Waals surface area contributed by atoms with E-state index in [1.807, 2.05) is 0 Å². The van der Waals surface area contributed by atoms with Crippen molar-refractivity contribution in [1.82, 2.24) is 5.32 Å². The predicted octanol–water partition coefficient (Wildman–Crippen LogP) is -0.476. The number of nitrogens with one attached hydrogen (secondary N) is 1. The second-order valence-corrected chi connectivity index (χ2v) is 9.62. The number of ether oxygens (including phenoxy) is 2. The summed E-state index contributed by atoms with van der Waals surface area (Å²) in [6.07, 6.45) is 0.590. The van der Waals surface area contributed by atoms with Crippen LogP contribution < -0.4 is 5.32 Å². The summed E-state index contributed by atoms with van der Waals surface area (Å²) in [5.74, 6) is 1.72. The Kier molecular flexibility index (Phi) is 5.72. The van der Waals surface area contributed by atoms with Crippen LogP contribution in [0.1, 0.15) is 45.4 Å². The highest BCUT2D eigenvalue weighted by molar-refractivity contribution is 5.79. The first-order valence-corrected chi connectivity index (χ1v) is 10.5. The Labute approximate surface area is 165 Å². The van der Waals surface area contributed by atoms with Crippen LogP contribution in [0.15, 0.2) is 0 Å². The lowest BCUT2D eigenvalue weighted by molar-refractivity contribution is -0.302. The zero-order valence-electron chi connectivity index (χ0n) is 16.4. The standard InChI is InChI=1S/C20H33NO7/c1-10(9-27-19-17(25)16(24)15(23)14(8-22)28-19)18(26)21-20-5-11-2-12(6-20)4-13(3-11)7-20/h10-17,19,22-25H,2-9H2,1H3,(H,21,26)/t10-,11?,12?,13?,14-,15+,16+,17-,19+,20?/m1/s1. The van der Waals surface area contributed by atoms with E-state index in [0.29, 0.717) is 0 Å². The van der Waals surface area contributed by atoms with Gasteiger partial charge in [-0.3, -0.25) is 4.79 Å². The minimum absolute atomic E-state index is 0.0148. The zero-order valence-corrected chi connectivity index (χ0v) is 16.4. The topological polar surface area (TPSA) is 128 Å². The largest absolute Gasteiger partial charge is 0.394 e. The molecule has 5 aliphatic rings. The summed E-state index contributed by atoms with van der Waals surface area (Å²) in [6.45, 7) is 1.27. The lowest BCUT2D eigenvalue weighted by Crippen LogP contribution is -2.61. The van der Waals surface area contributed by atoms with Crippen LogP contribution in [0.3, 0.4) is 0 Å². The van der Waals surface area contributed by atoms with Crippen LogP contribution in [0.5, 0.6) is 0 Å². The first-order chi connectivity index (χ1) is 13.3. The van der Waals surface area contributed by atoms with E-state index in [4.69, 9.17) is 9.47 Å². The van der Waals surface area contributed by atoms with E-state index < -0.39 is 43.2 Å². The predicted molar refractivity (Wildman–Crippen MR) is 97.9 cm³/mol. The molecule has 4 aliphatic carbocycles. The Hall–Kier alpha value is -0.770. The molecule has 6 atom stereocenters. The second kappa shape index (κ2) is 7.81. The van der Waals surface area contributed by atoms with Gasteiger partial charge in [-0.25, -0.2) is 0 Å². The SMILES string of the molecule is C[C@H](CO[C@H]1O[C@H](CO)[C@H](O)[C@H](O)[C@H]1O)C(=O)NC12CC3CC(CC(C3)C1)C2. The number of aliphatic hydroxyl groups is 4. The molecule has 1 saturated heterocycles. The zero-order chi connectivity index (χ0) is 20.1. The molecule has 5 fully saturated rings. The molecule has 1 amide bonds. The third kappa shape index (κ3) is 3.82. The maximum atomic E-state index is 12.8. The summed E-state index contributed by atoms with van der Waals surface area (Å²) in [6, 6.07) is 0. The molecule has 5 rings (SSSR count). The maximum absolute atomic E-state index is 12.8. The van der Waals surface area contributed by atoms with Gasteiger partial charge in [0.15, 0.2) is 6.29 Å². The van der Waals surface area contributed by atoms with Crippen molar-refractivity contribution in [2.45, 2.75) is 81.7 Å². The maximum Gasteiger partial charge on any atom is 0.225 e. The van der Waals surface area contributed by atoms with Gasteiger partial charge < -0.3 is 35.2 Å². The van der Waals surface area contributed by atoms with Gasteiger partial charge in [0.1, 0.15) is 24.4 Å². The van der Waals surface area contributed by atoms with Crippen molar-refractivity contribution in [3.63, 3.8) is 0 Å². The van der Waals surface area contributed by atoms with Crippen molar-refractivity contribution in [3.8, 4) is 0 Å². The first-order valence-electron chi connectivity index (χ1n) is 10.5. The number of aliphatic hydroxyl groups excluding tert-OH is 4. The molecule has 4 bridgehead atoms. The molecule has 0 aromatic heterocycles. The molecular formula is C20H33NO7. The van der Waals surface area contributed by atoms with Crippen molar-refractivity contribution >= 4 is 5.91 Å². The van der Waals surface area contributed by atoms with Crippen molar-refractivity contribution in [1.29, 1.82) is 0 Å². The van der Waals surface area contributed by atoms with E-state index in [0.717, 1.165) is 37.0 Å². The third-order valence-corrected chi connectivity index (χ3v) is 7.23. The first kappa shape index (κ1) is 20.5. The Bertz CT molecular complexity index is 548. The van der Waals surface area contributed by atoms with Gasteiger partial charge in [0.25, 0.3) is 0 Å². The monoisotopic (exact) mass is 399 g/mol. The number of carbonyl (C=O) groups excluding carboxylic acids is 1. The van der Waals surface area contributed by atoms with Crippen LogP contribution in [-0.2, 0) is 14.3 Å². The van der Waals surface area contributed by atoms with Gasteiger partial charge in [-0.2, -0.15) is 0 Å². The van der Waals surface area contributed by atoms with Gasteiger partial charge in [-0.1, -0.05) is 6.92 Å². The molecule has 1 aliphatic heterocycles. The number of amides is 1. The van der Waals surface area contributed by atoms with E-state index >= 15 is 0 Å². The molecule has 160 valence electrons. The molecule has 8 nitrogen and oxygen atoms in total. The lowest BCUT2D eigenvalue weighted by atomic mass is 9.53. The van der Waals surface area contributed by atoms with Gasteiger partial charge in [-0.15, -0.1) is 0 Å². The molecule has 0 spiro atoms. The Morgan fingerprint density at radius 3 is 2.18 bits per heavy atom. The molecule has 5 N–H and O–H groups in total. The summed E-state index contributed by atoms with van der Waals surface area (Å²) in [7, 11) is 0. The van der Waals surface area contributed by atoms with Crippen LogP contribution in [-0.4, -0.2) is 75.8 Å². The van der Waals surface area contributed by atoms with E-state index in [2.05, 4.69) is 5.32 Å². The summed E-state index contributed by atoms with van der Waals surface area (Å²) < 4.78 is 10.9. The fraction of sp³-hybridized carbons (Fsp3) is 0.950. The van der Waals surface area contributed by atoms with Gasteiger partial charge in [0.2, 0.25) is 5.91 Å². The molecule has 0 aromatic rings. The molecular weight excluding hydrogens is 366 g/mol. The van der Waals surface area contributed by atoms with Crippen molar-refractivity contribution in [3.05, 3.63) is 0 Å². The highest BCUT2D eigenvalue weighted by atomic mass is 16.7. The van der Waals surface area contributed by atoms with Crippen molar-refractivity contribution in [2.24, 2.45) is 23.7 Å². The van der Waals surface area contributed by atoms with Crippen molar-refractivity contribution < 1.29 is 34.7 Å². The minimum atomic E-state index is -1.48. The molecule has 0 aromatic carbocycles. The smallest absolute Gasteiger partial charge is 0.225 e. The summed E-state index contributed by atoms with van der Waals surface area (Å²) in [5.41, 5.74) is -0.0662. The molecule has 0 unspecified atom stereocenters. The van der Waals surface area contributed by atoms with Crippen LogP contribution in [0, 0.1) is 23.7 Å². The number of hydrogen-bond donors (Lipinski definition) is 5. The van der Waals surface area contributed by atoms with Gasteiger partial charge in [-0.05, 0) is 56.3 Å². The Balaban J connectivity index is 1.30. The second-order valence-electron chi connectivity index (χ2n) is 9.62. The Morgan fingerprint density at radius 2 is 1.64 bits per heavy atom. The highest BCUT2D eigenvalue weighted by Crippen LogP contribution is 2.55. The lowest BCUT2D eigenvalue weighted by Gasteiger charge is -2.57. The van der Waals surface area contributed by atoms with Gasteiger partial charge >= 0.3 is 0 Å². The van der Waals surface area contributed by atoms with E-state index in [1.54, 1.807) is 6.92 Å². The number of rotatable bonds is 6. The van der Waals surface area contributed by atoms with Gasteiger partial charge in [0, 0.05) is 5.54 Å². The number of hydrogen-bond acceptors (Lipinski definition) is 7. The van der Waals surface area contributed by atoms with Crippen LogP contribution in [0.25, 0.3) is 0 Å². The van der Waals surface area contributed by atoms with E-state index in [1.165, 1.54) is 19.3 Å². The quantitative estimate of drug-likeness (QED) is 0.408. The fourth-order valence-electron chi connectivity index (χ4n) is 6.17.